The quantitative estimate of drug-likeness (QED) is 0.859. The van der Waals surface area contributed by atoms with Crippen LogP contribution in [0.25, 0.3) is 0 Å². The first kappa shape index (κ1) is 15.9. The average molecular weight is 349 g/mol. The molecule has 1 aliphatic rings. The van der Waals surface area contributed by atoms with Crippen LogP contribution in [0.4, 0.5) is 0 Å². The highest BCUT2D eigenvalue weighted by Crippen LogP contribution is 2.31. The van der Waals surface area contributed by atoms with Crippen LogP contribution in [0.5, 0.6) is 5.75 Å². The van der Waals surface area contributed by atoms with Crippen LogP contribution in [0.3, 0.4) is 0 Å². The highest BCUT2D eigenvalue weighted by Gasteiger charge is 2.23. The molecule has 1 amide bonds. The largest absolute Gasteiger partial charge is 0.379 e. The Morgan fingerprint density at radius 1 is 1.09 bits per heavy atom. The summed E-state index contributed by atoms with van der Waals surface area (Å²) in [4.78, 5) is 11.3. The molecule has 1 unspecified atom stereocenters. The van der Waals surface area contributed by atoms with Crippen LogP contribution in [0.2, 0.25) is 0 Å². The van der Waals surface area contributed by atoms with Crippen molar-refractivity contribution in [1.82, 2.24) is 5.32 Å². The zero-order valence-electron chi connectivity index (χ0n) is 12.4. The maximum Gasteiger partial charge on any atom is 0.339 e. The van der Waals surface area contributed by atoms with Crippen molar-refractivity contribution in [2.24, 2.45) is 0 Å². The Labute approximate surface area is 139 Å². The molecule has 1 fully saturated rings. The fraction of sp³-hybridized carbons (Fsp3) is 0.188. The number of hydrogen-bond acceptors (Lipinski definition) is 5. The second kappa shape index (κ2) is 6.25. The predicted molar refractivity (Wildman–Crippen MR) is 88.8 cm³/mol. The molecule has 0 bridgehead atoms. The number of carbonyl (C=O) groups is 1. The molecule has 1 aliphatic heterocycles. The zero-order valence-corrected chi connectivity index (χ0v) is 14.0. The van der Waals surface area contributed by atoms with Crippen LogP contribution >= 0.6 is 11.8 Å². The van der Waals surface area contributed by atoms with E-state index in [0.29, 0.717) is 5.75 Å². The number of nitrogens with one attached hydrogen (secondary N) is 1. The van der Waals surface area contributed by atoms with Gasteiger partial charge in [-0.15, -0.1) is 11.8 Å². The lowest BCUT2D eigenvalue weighted by Crippen LogP contribution is -2.18. The monoisotopic (exact) mass is 349 g/mol. The van der Waals surface area contributed by atoms with E-state index in [1.54, 1.807) is 36.4 Å². The number of amides is 1. The van der Waals surface area contributed by atoms with E-state index in [4.69, 9.17) is 4.18 Å². The van der Waals surface area contributed by atoms with Crippen molar-refractivity contribution in [2.75, 3.05) is 5.75 Å². The molecular formula is C16H15NO4S2. The third kappa shape index (κ3) is 3.68. The molecule has 2 aromatic carbocycles. The maximum atomic E-state index is 12.2. The topological polar surface area (TPSA) is 72.5 Å². The molecule has 1 heterocycles. The van der Waals surface area contributed by atoms with Gasteiger partial charge in [-0.05, 0) is 36.8 Å². The Balaban J connectivity index is 1.75. The predicted octanol–water partition coefficient (Wildman–Crippen LogP) is 2.62. The summed E-state index contributed by atoms with van der Waals surface area (Å²) in [6.45, 7) is 1.88. The van der Waals surface area contributed by atoms with Crippen molar-refractivity contribution in [3.8, 4) is 5.75 Å². The molecule has 120 valence electrons. The third-order valence-electron chi connectivity index (χ3n) is 3.37. The Kier molecular flexibility index (Phi) is 4.32. The SMILES string of the molecule is Cc1ccc(S(=O)(=O)Oc2ccc(C3NC(=O)CS3)cc2)cc1. The van der Waals surface area contributed by atoms with E-state index in [1.807, 2.05) is 6.92 Å². The van der Waals surface area contributed by atoms with Gasteiger partial charge in [0.1, 0.15) is 16.0 Å². The number of benzene rings is 2. The molecule has 3 rings (SSSR count). The van der Waals surface area contributed by atoms with Crippen molar-refractivity contribution >= 4 is 27.8 Å². The molecule has 2 aromatic rings. The molecule has 0 aromatic heterocycles. The number of hydrogen-bond donors (Lipinski definition) is 1. The van der Waals surface area contributed by atoms with Crippen molar-refractivity contribution in [3.05, 3.63) is 59.7 Å². The van der Waals surface area contributed by atoms with Gasteiger partial charge in [-0.25, -0.2) is 0 Å². The molecular weight excluding hydrogens is 334 g/mol. The Morgan fingerprint density at radius 2 is 1.74 bits per heavy atom. The smallest absolute Gasteiger partial charge is 0.339 e. The Bertz CT molecular complexity index is 814. The second-order valence-corrected chi connectivity index (χ2v) is 7.82. The second-order valence-electron chi connectivity index (χ2n) is 5.18. The number of thioether (sulfide) groups is 1. The van der Waals surface area contributed by atoms with Gasteiger partial charge in [-0.1, -0.05) is 29.8 Å². The number of carbonyl (C=O) groups excluding carboxylic acids is 1. The zero-order chi connectivity index (χ0) is 16.4. The third-order valence-corrected chi connectivity index (χ3v) is 5.79. The first-order valence-electron chi connectivity index (χ1n) is 6.96. The van der Waals surface area contributed by atoms with E-state index in [1.165, 1.54) is 23.9 Å². The van der Waals surface area contributed by atoms with Gasteiger partial charge in [-0.2, -0.15) is 8.42 Å². The molecule has 0 spiro atoms. The van der Waals surface area contributed by atoms with Crippen LogP contribution in [0.1, 0.15) is 16.5 Å². The van der Waals surface area contributed by atoms with Crippen molar-refractivity contribution in [3.63, 3.8) is 0 Å². The summed E-state index contributed by atoms with van der Waals surface area (Å²) in [6.07, 6.45) is 0. The first-order chi connectivity index (χ1) is 10.9. The minimum absolute atomic E-state index is 0.00211. The van der Waals surface area contributed by atoms with Crippen molar-refractivity contribution in [1.29, 1.82) is 0 Å². The summed E-state index contributed by atoms with van der Waals surface area (Å²) in [5.41, 5.74) is 1.88. The van der Waals surface area contributed by atoms with Crippen LogP contribution in [-0.4, -0.2) is 20.1 Å². The molecule has 0 aliphatic carbocycles. The normalized spacial score (nSPS) is 17.8. The fourth-order valence-electron chi connectivity index (χ4n) is 2.15. The van der Waals surface area contributed by atoms with Gasteiger partial charge in [0.15, 0.2) is 0 Å². The van der Waals surface area contributed by atoms with Crippen molar-refractivity contribution < 1.29 is 17.4 Å². The molecule has 1 N–H and O–H groups in total. The van der Waals surface area contributed by atoms with Gasteiger partial charge >= 0.3 is 10.1 Å². The Morgan fingerprint density at radius 3 is 2.30 bits per heavy atom. The van der Waals surface area contributed by atoms with E-state index >= 15 is 0 Å². The van der Waals surface area contributed by atoms with E-state index in [9.17, 15) is 13.2 Å². The summed E-state index contributed by atoms with van der Waals surface area (Å²) in [5, 5.41) is 2.74. The standard InChI is InChI=1S/C16H15NO4S2/c1-11-2-8-14(9-3-11)23(19,20)21-13-6-4-12(5-7-13)16-17-15(18)10-22-16/h2-9,16H,10H2,1H3,(H,17,18). The molecule has 5 nitrogen and oxygen atoms in total. The lowest BCUT2D eigenvalue weighted by molar-refractivity contribution is -0.118. The average Bonchev–Trinajstić information content (AvgIpc) is 2.95. The minimum atomic E-state index is -3.85. The Hall–Kier alpha value is -1.99. The van der Waals surface area contributed by atoms with Crippen LogP contribution < -0.4 is 9.50 Å². The van der Waals surface area contributed by atoms with Gasteiger partial charge in [0.25, 0.3) is 0 Å². The van der Waals surface area contributed by atoms with E-state index in [2.05, 4.69) is 5.32 Å². The lowest BCUT2D eigenvalue weighted by Gasteiger charge is -2.11. The summed E-state index contributed by atoms with van der Waals surface area (Å²) in [5.74, 6) is 0.677. The molecule has 0 radical (unpaired) electrons. The molecule has 7 heteroatoms. The van der Waals surface area contributed by atoms with Gasteiger partial charge < -0.3 is 9.50 Å². The van der Waals surface area contributed by atoms with Crippen LogP contribution in [-0.2, 0) is 14.9 Å². The molecule has 1 atom stereocenters. The summed E-state index contributed by atoms with van der Waals surface area (Å²) >= 11 is 1.50. The van der Waals surface area contributed by atoms with Gasteiger partial charge in [0.2, 0.25) is 5.91 Å². The van der Waals surface area contributed by atoms with E-state index in [0.717, 1.165) is 11.1 Å². The minimum Gasteiger partial charge on any atom is -0.379 e. The highest BCUT2D eigenvalue weighted by molar-refractivity contribution is 8.00. The number of aryl methyl sites for hydroxylation is 1. The van der Waals surface area contributed by atoms with Crippen LogP contribution in [0.15, 0.2) is 53.4 Å². The number of rotatable bonds is 4. The van der Waals surface area contributed by atoms with Gasteiger partial charge in [0, 0.05) is 0 Å². The molecule has 23 heavy (non-hydrogen) atoms. The maximum absolute atomic E-state index is 12.2. The fourth-order valence-corrected chi connectivity index (χ4v) is 4.04. The van der Waals surface area contributed by atoms with Crippen LogP contribution in [0, 0.1) is 6.92 Å². The summed E-state index contributed by atoms with van der Waals surface area (Å²) in [7, 11) is -3.85. The lowest BCUT2D eigenvalue weighted by atomic mass is 10.2. The van der Waals surface area contributed by atoms with Gasteiger partial charge in [0.05, 0.1) is 5.75 Å². The van der Waals surface area contributed by atoms with E-state index < -0.39 is 10.1 Å². The molecule has 1 saturated heterocycles. The summed E-state index contributed by atoms with van der Waals surface area (Å²) < 4.78 is 29.6. The first-order valence-corrected chi connectivity index (χ1v) is 9.42. The van der Waals surface area contributed by atoms with E-state index in [-0.39, 0.29) is 21.9 Å². The van der Waals surface area contributed by atoms with Crippen molar-refractivity contribution in [2.45, 2.75) is 17.2 Å². The highest BCUT2D eigenvalue weighted by atomic mass is 32.2. The summed E-state index contributed by atoms with van der Waals surface area (Å²) in [6, 6.07) is 13.2. The molecule has 0 saturated carbocycles. The van der Waals surface area contributed by atoms with Gasteiger partial charge in [-0.3, -0.25) is 4.79 Å².